The van der Waals surface area contributed by atoms with Crippen LogP contribution in [0.5, 0.6) is 0 Å². The zero-order valence-electron chi connectivity index (χ0n) is 11.5. The average molecular weight is 246 g/mol. The fourth-order valence-corrected chi connectivity index (χ4v) is 1.31. The lowest BCUT2D eigenvalue weighted by atomic mass is 10.1. The fourth-order valence-electron chi connectivity index (χ4n) is 1.31. The Morgan fingerprint density at radius 2 is 1.88 bits per heavy atom. The van der Waals surface area contributed by atoms with E-state index in [4.69, 9.17) is 9.62 Å². The van der Waals surface area contributed by atoms with Gasteiger partial charge in [-0.2, -0.15) is 4.89 Å². The monoisotopic (exact) mass is 246 g/mol. The van der Waals surface area contributed by atoms with Crippen LogP contribution in [0.25, 0.3) is 0 Å². The molecule has 0 aliphatic heterocycles. The molecule has 17 heavy (non-hydrogen) atoms. The van der Waals surface area contributed by atoms with Crippen LogP contribution in [0.4, 0.5) is 4.79 Å². The van der Waals surface area contributed by atoms with Crippen molar-refractivity contribution in [1.29, 1.82) is 0 Å². The van der Waals surface area contributed by atoms with Gasteiger partial charge >= 0.3 is 6.16 Å². The van der Waals surface area contributed by atoms with Crippen LogP contribution in [0.15, 0.2) is 0 Å². The van der Waals surface area contributed by atoms with E-state index >= 15 is 0 Å². The van der Waals surface area contributed by atoms with Gasteiger partial charge in [0.2, 0.25) is 0 Å². The maximum atomic E-state index is 11.1. The van der Waals surface area contributed by atoms with Gasteiger partial charge in [0.1, 0.15) is 6.10 Å². The summed E-state index contributed by atoms with van der Waals surface area (Å²) in [6.45, 7) is 8.46. The van der Waals surface area contributed by atoms with Crippen molar-refractivity contribution >= 4 is 6.16 Å². The van der Waals surface area contributed by atoms with E-state index in [1.54, 1.807) is 0 Å². The van der Waals surface area contributed by atoms with E-state index in [1.165, 1.54) is 12.8 Å². The quantitative estimate of drug-likeness (QED) is 0.266. The third-order valence-corrected chi connectivity index (χ3v) is 2.37. The first kappa shape index (κ1) is 16.2. The van der Waals surface area contributed by atoms with Crippen LogP contribution < -0.4 is 0 Å². The molecule has 102 valence electrons. The smallest absolute Gasteiger partial charge is 0.432 e. The Hall–Kier alpha value is -0.770. The summed E-state index contributed by atoms with van der Waals surface area (Å²) >= 11 is 0. The van der Waals surface area contributed by atoms with Crippen LogP contribution in [0.1, 0.15) is 59.8 Å². The minimum absolute atomic E-state index is 0.0202. The molecule has 1 atom stereocenters. The molecule has 0 rings (SSSR count). The van der Waals surface area contributed by atoms with Crippen molar-refractivity contribution in [3.8, 4) is 0 Å². The van der Waals surface area contributed by atoms with Crippen LogP contribution in [0.3, 0.4) is 0 Å². The SMILES string of the molecule is CCCCCC(CC)OOC(=O)OCC(C)C. The first-order chi connectivity index (χ1) is 8.10. The zero-order valence-corrected chi connectivity index (χ0v) is 11.5. The number of carbonyl (C=O) groups excluding carboxylic acids is 1. The van der Waals surface area contributed by atoms with E-state index in [2.05, 4.69) is 11.8 Å². The van der Waals surface area contributed by atoms with Gasteiger partial charge in [-0.25, -0.2) is 4.79 Å². The fraction of sp³-hybridized carbons (Fsp3) is 0.923. The molecule has 1 unspecified atom stereocenters. The van der Waals surface area contributed by atoms with Crippen LogP contribution in [-0.2, 0) is 14.5 Å². The van der Waals surface area contributed by atoms with Crippen molar-refractivity contribution in [1.82, 2.24) is 0 Å². The second-order valence-electron chi connectivity index (χ2n) is 4.66. The van der Waals surface area contributed by atoms with Crippen molar-refractivity contribution in [2.75, 3.05) is 6.61 Å². The molecule has 0 aliphatic rings. The molecule has 0 heterocycles. The molecule has 0 saturated carbocycles. The first-order valence-corrected chi connectivity index (χ1v) is 6.60. The molecule has 0 aliphatic carbocycles. The molecule has 0 fully saturated rings. The number of unbranched alkanes of at least 4 members (excludes halogenated alkanes) is 2. The molecule has 0 spiro atoms. The summed E-state index contributed by atoms with van der Waals surface area (Å²) in [5.41, 5.74) is 0. The van der Waals surface area contributed by atoms with Crippen molar-refractivity contribution in [2.45, 2.75) is 65.9 Å². The minimum atomic E-state index is -0.743. The van der Waals surface area contributed by atoms with Gasteiger partial charge in [0.15, 0.2) is 0 Å². The largest absolute Gasteiger partial charge is 0.540 e. The molecule has 0 bridgehead atoms. The average Bonchev–Trinajstić information content (AvgIpc) is 2.31. The Labute approximate surface area is 105 Å². The third-order valence-electron chi connectivity index (χ3n) is 2.37. The van der Waals surface area contributed by atoms with Gasteiger partial charge in [-0.3, -0.25) is 4.89 Å². The number of hydrogen-bond acceptors (Lipinski definition) is 4. The van der Waals surface area contributed by atoms with Gasteiger partial charge in [0.25, 0.3) is 0 Å². The van der Waals surface area contributed by atoms with E-state index < -0.39 is 6.16 Å². The highest BCUT2D eigenvalue weighted by atomic mass is 17.2. The van der Waals surface area contributed by atoms with Gasteiger partial charge in [0.05, 0.1) is 6.61 Å². The molecule has 0 radical (unpaired) electrons. The molecule has 0 saturated heterocycles. The second-order valence-corrected chi connectivity index (χ2v) is 4.66. The summed E-state index contributed by atoms with van der Waals surface area (Å²) in [5.74, 6) is 0.300. The minimum Gasteiger partial charge on any atom is -0.432 e. The highest BCUT2D eigenvalue weighted by Crippen LogP contribution is 2.10. The van der Waals surface area contributed by atoms with E-state index in [0.29, 0.717) is 12.5 Å². The number of rotatable bonds is 9. The highest BCUT2D eigenvalue weighted by Gasteiger charge is 2.12. The van der Waals surface area contributed by atoms with E-state index in [9.17, 15) is 4.79 Å². The van der Waals surface area contributed by atoms with Gasteiger partial charge in [-0.15, -0.1) is 0 Å². The van der Waals surface area contributed by atoms with Gasteiger partial charge in [-0.05, 0) is 18.8 Å². The Bertz CT molecular complexity index is 192. The maximum Gasteiger partial charge on any atom is 0.540 e. The Kier molecular flexibility index (Phi) is 9.92. The van der Waals surface area contributed by atoms with Gasteiger partial charge in [-0.1, -0.05) is 47.0 Å². The predicted molar refractivity (Wildman–Crippen MR) is 66.6 cm³/mol. The van der Waals surface area contributed by atoms with E-state index in [0.717, 1.165) is 19.3 Å². The summed E-state index contributed by atoms with van der Waals surface area (Å²) in [4.78, 5) is 20.8. The van der Waals surface area contributed by atoms with Crippen LogP contribution >= 0.6 is 0 Å². The summed E-state index contributed by atoms with van der Waals surface area (Å²) in [6, 6.07) is 0. The lowest BCUT2D eigenvalue weighted by Crippen LogP contribution is -2.18. The molecule has 4 heteroatoms. The topological polar surface area (TPSA) is 44.8 Å². The molecule has 0 aromatic rings. The Balaban J connectivity index is 3.63. The summed E-state index contributed by atoms with van der Waals surface area (Å²) in [5, 5.41) is 0. The van der Waals surface area contributed by atoms with Gasteiger partial charge in [0, 0.05) is 0 Å². The predicted octanol–water partition coefficient (Wildman–Crippen LogP) is 4.09. The molecule has 0 amide bonds. The van der Waals surface area contributed by atoms with Crippen molar-refractivity contribution < 1.29 is 19.3 Å². The maximum absolute atomic E-state index is 11.1. The van der Waals surface area contributed by atoms with Crippen LogP contribution in [-0.4, -0.2) is 18.9 Å². The molecule has 0 aromatic carbocycles. The normalized spacial score (nSPS) is 12.5. The molecular formula is C13H26O4. The summed E-state index contributed by atoms with van der Waals surface area (Å²) < 4.78 is 4.84. The molecule has 0 N–H and O–H groups in total. The lowest BCUT2D eigenvalue weighted by molar-refractivity contribution is -0.288. The summed E-state index contributed by atoms with van der Waals surface area (Å²) in [7, 11) is 0. The van der Waals surface area contributed by atoms with Crippen molar-refractivity contribution in [2.24, 2.45) is 5.92 Å². The molecular weight excluding hydrogens is 220 g/mol. The summed E-state index contributed by atoms with van der Waals surface area (Å²) in [6.07, 6.45) is 4.44. The van der Waals surface area contributed by atoms with Crippen LogP contribution in [0.2, 0.25) is 0 Å². The van der Waals surface area contributed by atoms with Crippen LogP contribution in [0, 0.1) is 5.92 Å². The third kappa shape index (κ3) is 10.1. The van der Waals surface area contributed by atoms with Crippen molar-refractivity contribution in [3.05, 3.63) is 0 Å². The Morgan fingerprint density at radius 3 is 2.41 bits per heavy atom. The first-order valence-electron chi connectivity index (χ1n) is 6.60. The number of ether oxygens (including phenoxy) is 1. The number of hydrogen-bond donors (Lipinski definition) is 0. The molecule has 0 aromatic heterocycles. The number of carbonyl (C=O) groups is 1. The highest BCUT2D eigenvalue weighted by molar-refractivity contribution is 5.58. The Morgan fingerprint density at radius 1 is 1.18 bits per heavy atom. The van der Waals surface area contributed by atoms with E-state index in [1.807, 2.05) is 20.8 Å². The van der Waals surface area contributed by atoms with E-state index in [-0.39, 0.29) is 6.10 Å². The second kappa shape index (κ2) is 10.4. The lowest BCUT2D eigenvalue weighted by Gasteiger charge is -2.14. The molecule has 4 nitrogen and oxygen atoms in total. The standard InChI is InChI=1S/C13H26O4/c1-5-7-8-9-12(6-2)16-17-13(14)15-10-11(3)4/h11-12H,5-10H2,1-4H3. The van der Waals surface area contributed by atoms with Gasteiger partial charge < -0.3 is 4.74 Å². The van der Waals surface area contributed by atoms with Crippen molar-refractivity contribution in [3.63, 3.8) is 0 Å². The zero-order chi connectivity index (χ0) is 13.1.